The molecule has 2 aromatic heterocycles. The van der Waals surface area contributed by atoms with Crippen LogP contribution in [0.3, 0.4) is 0 Å². The summed E-state index contributed by atoms with van der Waals surface area (Å²) >= 11 is 1.59. The van der Waals surface area contributed by atoms with E-state index in [-0.39, 0.29) is 12.0 Å². The van der Waals surface area contributed by atoms with Gasteiger partial charge in [0.15, 0.2) is 0 Å². The molecule has 2 atom stereocenters. The zero-order chi connectivity index (χ0) is 18.4. The van der Waals surface area contributed by atoms with E-state index in [4.69, 9.17) is 4.42 Å². The van der Waals surface area contributed by atoms with E-state index in [9.17, 15) is 9.59 Å². The molecule has 0 saturated heterocycles. The molecule has 5 nitrogen and oxygen atoms in total. The molecule has 0 aliphatic carbocycles. The van der Waals surface area contributed by atoms with Crippen molar-refractivity contribution >= 4 is 23.2 Å². The predicted molar refractivity (Wildman–Crippen MR) is 101 cm³/mol. The van der Waals surface area contributed by atoms with Crippen LogP contribution in [0.1, 0.15) is 35.1 Å². The Morgan fingerprint density at radius 1 is 1.04 bits per heavy atom. The molecule has 6 heteroatoms. The average molecular weight is 368 g/mol. The van der Waals surface area contributed by atoms with Gasteiger partial charge in [0.05, 0.1) is 18.2 Å². The zero-order valence-corrected chi connectivity index (χ0v) is 15.2. The fourth-order valence-corrected chi connectivity index (χ4v) is 3.52. The van der Waals surface area contributed by atoms with Crippen LogP contribution >= 0.6 is 11.3 Å². The molecule has 1 aromatic carbocycles. The molecule has 0 fully saturated rings. The van der Waals surface area contributed by atoms with Crippen LogP contribution in [0.2, 0.25) is 0 Å². The number of furan rings is 1. The Morgan fingerprint density at radius 3 is 2.50 bits per heavy atom. The summed E-state index contributed by atoms with van der Waals surface area (Å²) in [5, 5.41) is 7.40. The second kappa shape index (κ2) is 8.49. The molecule has 3 rings (SSSR count). The topological polar surface area (TPSA) is 71.3 Å². The van der Waals surface area contributed by atoms with Crippen LogP contribution in [0.25, 0.3) is 0 Å². The minimum absolute atomic E-state index is 0.117. The number of hydrogen-bond acceptors (Lipinski definition) is 4. The zero-order valence-electron chi connectivity index (χ0n) is 14.3. The van der Waals surface area contributed by atoms with E-state index >= 15 is 0 Å². The number of nitrogens with one attached hydrogen (secondary N) is 2. The minimum atomic E-state index is -0.652. The average Bonchev–Trinajstić information content (AvgIpc) is 3.37. The normalized spacial score (nSPS) is 13.0. The highest BCUT2D eigenvalue weighted by molar-refractivity contribution is 7.10. The summed E-state index contributed by atoms with van der Waals surface area (Å²) in [5.74, 6) is -0.661. The lowest BCUT2D eigenvalue weighted by Crippen LogP contribution is -2.42. The third-order valence-corrected chi connectivity index (χ3v) is 5.08. The van der Waals surface area contributed by atoms with E-state index in [1.165, 1.54) is 0 Å². The summed E-state index contributed by atoms with van der Waals surface area (Å²) in [6.45, 7) is 2.14. The van der Waals surface area contributed by atoms with Crippen LogP contribution in [0.4, 0.5) is 0 Å². The van der Waals surface area contributed by atoms with E-state index in [0.717, 1.165) is 16.2 Å². The van der Waals surface area contributed by atoms with E-state index in [0.29, 0.717) is 6.54 Å². The van der Waals surface area contributed by atoms with Gasteiger partial charge in [-0.3, -0.25) is 9.59 Å². The molecule has 0 saturated carbocycles. The largest absolute Gasteiger partial charge is 0.469 e. The van der Waals surface area contributed by atoms with Gasteiger partial charge >= 0.3 is 11.8 Å². The first-order valence-electron chi connectivity index (χ1n) is 8.35. The molecule has 0 spiro atoms. The maximum Gasteiger partial charge on any atom is 0.309 e. The fourth-order valence-electron chi connectivity index (χ4n) is 2.68. The van der Waals surface area contributed by atoms with Gasteiger partial charge in [-0.2, -0.15) is 0 Å². The molecule has 3 aromatic rings. The quantitative estimate of drug-likeness (QED) is 0.655. The van der Waals surface area contributed by atoms with E-state index in [1.807, 2.05) is 66.9 Å². The van der Waals surface area contributed by atoms with Crippen LogP contribution in [0, 0.1) is 0 Å². The lowest BCUT2D eigenvalue weighted by atomic mass is 10.0. The van der Waals surface area contributed by atoms with Gasteiger partial charge in [0.1, 0.15) is 5.76 Å². The van der Waals surface area contributed by atoms with Gasteiger partial charge in [0.25, 0.3) is 0 Å². The molecular formula is C20H20N2O3S. The first-order valence-corrected chi connectivity index (χ1v) is 9.23. The summed E-state index contributed by atoms with van der Waals surface area (Å²) in [5.41, 5.74) is 0.945. The van der Waals surface area contributed by atoms with E-state index in [2.05, 4.69) is 10.6 Å². The summed E-state index contributed by atoms with van der Waals surface area (Å²) in [7, 11) is 0. The van der Waals surface area contributed by atoms with Gasteiger partial charge in [-0.1, -0.05) is 36.4 Å². The monoisotopic (exact) mass is 368 g/mol. The Labute approximate surface area is 156 Å². The van der Waals surface area contributed by atoms with Crippen LogP contribution in [-0.4, -0.2) is 18.4 Å². The maximum atomic E-state index is 12.2. The van der Waals surface area contributed by atoms with Crippen LogP contribution in [-0.2, 0) is 9.59 Å². The number of benzene rings is 1. The highest BCUT2D eigenvalue weighted by Gasteiger charge is 2.22. The highest BCUT2D eigenvalue weighted by atomic mass is 32.1. The number of carbonyl (C=O) groups is 2. The van der Waals surface area contributed by atoms with Crippen molar-refractivity contribution in [2.24, 2.45) is 0 Å². The second-order valence-corrected chi connectivity index (χ2v) is 6.88. The summed E-state index contributed by atoms with van der Waals surface area (Å²) in [6, 6.07) is 16.9. The summed E-state index contributed by atoms with van der Waals surface area (Å²) in [4.78, 5) is 25.4. The van der Waals surface area contributed by atoms with Crippen LogP contribution in [0.5, 0.6) is 0 Å². The first kappa shape index (κ1) is 17.9. The van der Waals surface area contributed by atoms with Gasteiger partial charge in [-0.15, -0.1) is 11.3 Å². The second-order valence-electron chi connectivity index (χ2n) is 5.90. The van der Waals surface area contributed by atoms with Gasteiger partial charge in [-0.05, 0) is 36.1 Å². The molecule has 134 valence electrons. The highest BCUT2D eigenvalue weighted by Crippen LogP contribution is 2.28. The standard InChI is InChI=1S/C20H20N2O3S/c1-14(15-7-3-2-4-8-15)22-20(24)19(23)21-13-16(17-9-5-11-25-17)18-10-6-12-26-18/h2-12,14,16H,13H2,1H3,(H,21,23)(H,22,24)/t14-,16+/m0/s1. The summed E-state index contributed by atoms with van der Waals surface area (Å²) < 4.78 is 5.49. The van der Waals surface area contributed by atoms with Crippen molar-refractivity contribution in [1.29, 1.82) is 0 Å². The molecular weight excluding hydrogens is 348 g/mol. The molecule has 0 radical (unpaired) electrons. The van der Waals surface area contributed by atoms with E-state index < -0.39 is 11.8 Å². The van der Waals surface area contributed by atoms with E-state index in [1.54, 1.807) is 17.6 Å². The van der Waals surface area contributed by atoms with Gasteiger partial charge in [-0.25, -0.2) is 0 Å². The SMILES string of the molecule is C[C@H](NC(=O)C(=O)NC[C@H](c1ccco1)c1cccs1)c1ccccc1. The molecule has 2 amide bonds. The van der Waals surface area contributed by atoms with Crippen molar-refractivity contribution < 1.29 is 14.0 Å². The minimum Gasteiger partial charge on any atom is -0.469 e. The summed E-state index contributed by atoms with van der Waals surface area (Å²) in [6.07, 6.45) is 1.60. The van der Waals surface area contributed by atoms with Crippen molar-refractivity contribution in [1.82, 2.24) is 10.6 Å². The Morgan fingerprint density at radius 2 is 1.85 bits per heavy atom. The van der Waals surface area contributed by atoms with Crippen molar-refractivity contribution in [3.05, 3.63) is 82.4 Å². The van der Waals surface area contributed by atoms with Gasteiger partial charge < -0.3 is 15.1 Å². The molecule has 0 aliphatic rings. The first-order chi connectivity index (χ1) is 12.6. The number of carbonyl (C=O) groups excluding carboxylic acids is 2. The third-order valence-electron chi connectivity index (χ3n) is 4.09. The molecule has 2 N–H and O–H groups in total. The lowest BCUT2D eigenvalue weighted by molar-refractivity contribution is -0.139. The Kier molecular flexibility index (Phi) is 5.86. The van der Waals surface area contributed by atoms with Crippen molar-refractivity contribution in [2.45, 2.75) is 18.9 Å². The number of amides is 2. The van der Waals surface area contributed by atoms with Gasteiger partial charge in [0, 0.05) is 11.4 Å². The fraction of sp³-hybridized carbons (Fsp3) is 0.200. The van der Waals surface area contributed by atoms with Crippen LogP contribution in [0.15, 0.2) is 70.7 Å². The molecule has 2 heterocycles. The van der Waals surface area contributed by atoms with Crippen molar-refractivity contribution in [2.75, 3.05) is 6.54 Å². The Hall–Kier alpha value is -2.86. The van der Waals surface area contributed by atoms with Crippen LogP contribution < -0.4 is 10.6 Å². The molecule has 26 heavy (non-hydrogen) atoms. The molecule has 0 bridgehead atoms. The van der Waals surface area contributed by atoms with Crippen molar-refractivity contribution in [3.8, 4) is 0 Å². The Balaban J connectivity index is 1.59. The molecule has 0 unspecified atom stereocenters. The van der Waals surface area contributed by atoms with Gasteiger partial charge in [0.2, 0.25) is 0 Å². The predicted octanol–water partition coefficient (Wildman–Crippen LogP) is 3.47. The number of rotatable bonds is 6. The molecule has 0 aliphatic heterocycles. The Bertz CT molecular complexity index is 795. The number of hydrogen-bond donors (Lipinski definition) is 2. The maximum absolute atomic E-state index is 12.2. The smallest absolute Gasteiger partial charge is 0.309 e. The third kappa shape index (κ3) is 4.40. The van der Waals surface area contributed by atoms with Crippen molar-refractivity contribution in [3.63, 3.8) is 0 Å². The number of thiophene rings is 1. The lowest BCUT2D eigenvalue weighted by Gasteiger charge is -2.16.